The summed E-state index contributed by atoms with van der Waals surface area (Å²) >= 11 is 5.82. The molecule has 0 aliphatic carbocycles. The molecule has 18 heavy (non-hydrogen) atoms. The smallest absolute Gasteiger partial charge is 0.272 e. The first-order valence-corrected chi connectivity index (χ1v) is 6.91. The van der Waals surface area contributed by atoms with Crippen LogP contribution in [-0.4, -0.2) is 28.9 Å². The van der Waals surface area contributed by atoms with Crippen molar-refractivity contribution in [2.75, 3.05) is 13.1 Å². The van der Waals surface area contributed by atoms with Gasteiger partial charge in [0.15, 0.2) is 0 Å². The summed E-state index contributed by atoms with van der Waals surface area (Å²) in [7, 11) is 0. The second-order valence-corrected chi connectivity index (χ2v) is 4.76. The summed E-state index contributed by atoms with van der Waals surface area (Å²) in [6.45, 7) is 7.79. The Balaban J connectivity index is 2.79. The third kappa shape index (κ3) is 3.98. The van der Waals surface area contributed by atoms with E-state index in [9.17, 15) is 4.79 Å². The lowest BCUT2D eigenvalue weighted by Gasteiger charge is -2.25. The van der Waals surface area contributed by atoms with E-state index in [0.717, 1.165) is 19.4 Å². The summed E-state index contributed by atoms with van der Waals surface area (Å²) in [6, 6.07) is 5.15. The average Bonchev–Trinajstić information content (AvgIpc) is 2.39. The van der Waals surface area contributed by atoms with Crippen LogP contribution in [0.2, 0.25) is 5.15 Å². The highest BCUT2D eigenvalue weighted by Gasteiger charge is 2.18. The van der Waals surface area contributed by atoms with Crippen LogP contribution in [0.15, 0.2) is 18.2 Å². The van der Waals surface area contributed by atoms with E-state index in [1.54, 1.807) is 18.2 Å². The van der Waals surface area contributed by atoms with Crippen LogP contribution in [-0.2, 0) is 0 Å². The van der Waals surface area contributed by atoms with Crippen LogP contribution in [0.5, 0.6) is 0 Å². The van der Waals surface area contributed by atoms with Crippen LogP contribution in [0.4, 0.5) is 0 Å². The highest BCUT2D eigenvalue weighted by atomic mass is 35.5. The third-order valence-corrected chi connectivity index (χ3v) is 3.45. The summed E-state index contributed by atoms with van der Waals surface area (Å²) in [4.78, 5) is 18.2. The van der Waals surface area contributed by atoms with Crippen LogP contribution in [0.3, 0.4) is 0 Å². The molecule has 100 valence electrons. The van der Waals surface area contributed by atoms with Gasteiger partial charge >= 0.3 is 0 Å². The molecule has 4 heteroatoms. The monoisotopic (exact) mass is 268 g/mol. The van der Waals surface area contributed by atoms with Crippen molar-refractivity contribution in [1.29, 1.82) is 0 Å². The zero-order valence-corrected chi connectivity index (χ0v) is 12.1. The number of carbonyl (C=O) groups excluding carboxylic acids is 1. The zero-order chi connectivity index (χ0) is 13.5. The maximum atomic E-state index is 12.3. The molecule has 1 rings (SSSR count). The number of pyridine rings is 1. The molecule has 1 amide bonds. The van der Waals surface area contributed by atoms with Crippen molar-refractivity contribution >= 4 is 17.5 Å². The first-order valence-electron chi connectivity index (χ1n) is 6.54. The lowest BCUT2D eigenvalue weighted by Crippen LogP contribution is -2.35. The second kappa shape index (κ2) is 7.37. The number of carbonyl (C=O) groups is 1. The Hall–Kier alpha value is -1.09. The van der Waals surface area contributed by atoms with Crippen LogP contribution in [0.1, 0.15) is 44.1 Å². The average molecular weight is 269 g/mol. The van der Waals surface area contributed by atoms with Gasteiger partial charge in [0.25, 0.3) is 5.91 Å². The molecular formula is C14H21ClN2O. The van der Waals surface area contributed by atoms with E-state index in [2.05, 4.69) is 18.8 Å². The minimum atomic E-state index is -0.0353. The van der Waals surface area contributed by atoms with E-state index in [-0.39, 0.29) is 5.91 Å². The molecule has 0 aliphatic rings. The number of hydrogen-bond acceptors (Lipinski definition) is 2. The van der Waals surface area contributed by atoms with Crippen molar-refractivity contribution in [3.05, 3.63) is 29.0 Å². The molecule has 0 saturated heterocycles. The molecule has 0 bridgehead atoms. The van der Waals surface area contributed by atoms with E-state index in [0.29, 0.717) is 23.3 Å². The van der Waals surface area contributed by atoms with Gasteiger partial charge in [0, 0.05) is 13.1 Å². The number of nitrogens with zero attached hydrogens (tertiary/aromatic N) is 2. The van der Waals surface area contributed by atoms with Gasteiger partial charge < -0.3 is 4.90 Å². The molecule has 1 heterocycles. The molecule has 0 unspecified atom stereocenters. The summed E-state index contributed by atoms with van der Waals surface area (Å²) in [6.07, 6.45) is 2.17. The Kier molecular flexibility index (Phi) is 6.13. The van der Waals surface area contributed by atoms with Crippen molar-refractivity contribution in [2.24, 2.45) is 5.92 Å². The zero-order valence-electron chi connectivity index (χ0n) is 11.3. The van der Waals surface area contributed by atoms with Crippen molar-refractivity contribution in [3.8, 4) is 0 Å². The molecule has 0 atom stereocenters. The fourth-order valence-electron chi connectivity index (χ4n) is 1.90. The fraction of sp³-hybridized carbons (Fsp3) is 0.571. The Labute approximate surface area is 114 Å². The third-order valence-electron chi connectivity index (χ3n) is 3.24. The predicted molar refractivity (Wildman–Crippen MR) is 74.9 cm³/mol. The van der Waals surface area contributed by atoms with E-state index < -0.39 is 0 Å². The molecule has 0 spiro atoms. The van der Waals surface area contributed by atoms with Crippen LogP contribution in [0.25, 0.3) is 0 Å². The topological polar surface area (TPSA) is 33.2 Å². The van der Waals surface area contributed by atoms with Gasteiger partial charge in [-0.15, -0.1) is 0 Å². The van der Waals surface area contributed by atoms with Gasteiger partial charge in [-0.3, -0.25) is 4.79 Å². The molecular weight excluding hydrogens is 248 g/mol. The highest BCUT2D eigenvalue weighted by Crippen LogP contribution is 2.13. The van der Waals surface area contributed by atoms with E-state index >= 15 is 0 Å². The lowest BCUT2D eigenvalue weighted by atomic mass is 10.0. The predicted octanol–water partition coefficient (Wildman–Crippen LogP) is 3.63. The number of halogens is 1. The van der Waals surface area contributed by atoms with Crippen LogP contribution >= 0.6 is 11.6 Å². The largest absolute Gasteiger partial charge is 0.337 e. The minimum Gasteiger partial charge on any atom is -0.337 e. The van der Waals surface area contributed by atoms with Gasteiger partial charge in [0.05, 0.1) is 0 Å². The second-order valence-electron chi connectivity index (χ2n) is 4.37. The van der Waals surface area contributed by atoms with Crippen LogP contribution < -0.4 is 0 Å². The van der Waals surface area contributed by atoms with Gasteiger partial charge in [-0.2, -0.15) is 0 Å². The standard InChI is InChI=1S/C14H21ClN2O/c1-4-11(5-2)10-17(6-3)14(18)12-8-7-9-13(15)16-12/h7-9,11H,4-6,10H2,1-3H3. The summed E-state index contributed by atoms with van der Waals surface area (Å²) < 4.78 is 0. The Morgan fingerprint density at radius 3 is 2.50 bits per heavy atom. The summed E-state index contributed by atoms with van der Waals surface area (Å²) in [5.41, 5.74) is 0.426. The quantitative estimate of drug-likeness (QED) is 0.738. The Bertz CT molecular complexity index is 391. The number of aromatic nitrogens is 1. The molecule has 1 aromatic heterocycles. The molecule has 0 radical (unpaired) electrons. The lowest BCUT2D eigenvalue weighted by molar-refractivity contribution is 0.0729. The van der Waals surface area contributed by atoms with E-state index in [4.69, 9.17) is 11.6 Å². The molecule has 1 aromatic rings. The summed E-state index contributed by atoms with van der Waals surface area (Å²) in [5, 5.41) is 0.361. The normalized spacial score (nSPS) is 10.7. The first kappa shape index (κ1) is 15.0. The Morgan fingerprint density at radius 2 is 2.00 bits per heavy atom. The Morgan fingerprint density at radius 1 is 1.33 bits per heavy atom. The highest BCUT2D eigenvalue weighted by molar-refractivity contribution is 6.29. The summed E-state index contributed by atoms with van der Waals surface area (Å²) in [5.74, 6) is 0.514. The molecule has 0 fully saturated rings. The molecule has 0 aromatic carbocycles. The number of hydrogen-bond donors (Lipinski definition) is 0. The maximum Gasteiger partial charge on any atom is 0.272 e. The van der Waals surface area contributed by atoms with E-state index in [1.807, 2.05) is 11.8 Å². The molecule has 3 nitrogen and oxygen atoms in total. The first-order chi connectivity index (χ1) is 8.62. The fourth-order valence-corrected chi connectivity index (χ4v) is 2.07. The molecule has 0 saturated carbocycles. The van der Waals surface area contributed by atoms with Crippen LogP contribution in [0, 0.1) is 5.92 Å². The van der Waals surface area contributed by atoms with E-state index in [1.165, 1.54) is 0 Å². The number of rotatable bonds is 6. The van der Waals surface area contributed by atoms with Crippen molar-refractivity contribution in [3.63, 3.8) is 0 Å². The van der Waals surface area contributed by atoms with Gasteiger partial charge in [0.1, 0.15) is 10.8 Å². The van der Waals surface area contributed by atoms with Crippen molar-refractivity contribution in [1.82, 2.24) is 9.88 Å². The SMILES string of the molecule is CCC(CC)CN(CC)C(=O)c1cccc(Cl)n1. The van der Waals surface area contributed by atoms with Gasteiger partial charge in [-0.1, -0.05) is 44.4 Å². The van der Waals surface area contributed by atoms with Gasteiger partial charge in [-0.05, 0) is 25.0 Å². The maximum absolute atomic E-state index is 12.3. The van der Waals surface area contributed by atoms with Gasteiger partial charge in [0.2, 0.25) is 0 Å². The molecule has 0 aliphatic heterocycles. The van der Waals surface area contributed by atoms with Gasteiger partial charge in [-0.25, -0.2) is 4.98 Å². The number of amides is 1. The van der Waals surface area contributed by atoms with Crippen molar-refractivity contribution in [2.45, 2.75) is 33.6 Å². The minimum absolute atomic E-state index is 0.0353. The van der Waals surface area contributed by atoms with Crippen molar-refractivity contribution < 1.29 is 4.79 Å². The molecule has 0 N–H and O–H groups in total.